The number of amides is 1. The molecule has 1 fully saturated rings. The van der Waals surface area contributed by atoms with E-state index in [4.69, 9.17) is 28.8 Å². The van der Waals surface area contributed by atoms with Crippen LogP contribution in [0.5, 0.6) is 0 Å². The highest BCUT2D eigenvalue weighted by Crippen LogP contribution is 2.34. The van der Waals surface area contributed by atoms with Crippen LogP contribution in [0.25, 0.3) is 10.8 Å². The molecule has 1 amide bonds. The summed E-state index contributed by atoms with van der Waals surface area (Å²) in [6.45, 7) is 0.533. The Balaban J connectivity index is 0.00000256. The molecule has 178 valence electrons. The summed E-state index contributed by atoms with van der Waals surface area (Å²) >= 11 is 6.18. The summed E-state index contributed by atoms with van der Waals surface area (Å²) in [7, 11) is -4.05. The third-order valence-corrected chi connectivity index (χ3v) is 6.82. The molecule has 0 aliphatic heterocycles. The average molecular weight is 527 g/mol. The number of carbonyl (C=O) groups is 1. The van der Waals surface area contributed by atoms with E-state index in [1.165, 1.54) is 18.3 Å². The second kappa shape index (κ2) is 11.3. The molecular weight excluding hydrogens is 501 g/mol. The lowest BCUT2D eigenvalue weighted by Gasteiger charge is -2.28. The zero-order valence-electron chi connectivity index (χ0n) is 17.0. The van der Waals surface area contributed by atoms with Crippen molar-refractivity contribution in [2.75, 3.05) is 13.1 Å². The van der Waals surface area contributed by atoms with E-state index < -0.39 is 15.6 Å². The molecule has 10 nitrogen and oxygen atoms in total. The van der Waals surface area contributed by atoms with E-state index in [-0.39, 0.29) is 60.5 Å². The highest BCUT2D eigenvalue weighted by atomic mass is 35.5. The first-order valence-electron chi connectivity index (χ1n) is 9.39. The van der Waals surface area contributed by atoms with Gasteiger partial charge in [0.2, 0.25) is 15.9 Å². The van der Waals surface area contributed by atoms with Crippen LogP contribution in [0.2, 0.25) is 5.02 Å². The van der Waals surface area contributed by atoms with Gasteiger partial charge in [-0.25, -0.2) is 13.4 Å². The van der Waals surface area contributed by atoms with Gasteiger partial charge in [-0.1, -0.05) is 30.5 Å². The number of sulfonamides is 1. The molecule has 1 aromatic heterocycles. The van der Waals surface area contributed by atoms with Crippen LogP contribution in [0.4, 0.5) is 5.82 Å². The quantitative estimate of drug-likeness (QED) is 0.266. The molecule has 3 rings (SSSR count). The Morgan fingerprint density at radius 1 is 1.19 bits per heavy atom. The average Bonchev–Trinajstić information content (AvgIpc) is 3.16. The molecule has 1 saturated carbocycles. The molecule has 14 heteroatoms. The molecule has 0 spiro atoms. The smallest absolute Gasteiger partial charge is 0.241 e. The number of aliphatic imine (C=N–C) groups is 1. The first-order chi connectivity index (χ1) is 14.2. The fourth-order valence-corrected chi connectivity index (χ4v) is 5.24. The summed E-state index contributed by atoms with van der Waals surface area (Å²) in [5, 5.41) is 3.93. The van der Waals surface area contributed by atoms with Crippen molar-refractivity contribution >= 4 is 74.9 Å². The number of pyridine rings is 1. The first-order valence-corrected chi connectivity index (χ1v) is 11.2. The predicted octanol–water partition coefficient (Wildman–Crippen LogP) is 1.30. The van der Waals surface area contributed by atoms with Gasteiger partial charge in [0.1, 0.15) is 5.54 Å². The van der Waals surface area contributed by atoms with E-state index in [2.05, 4.69) is 20.0 Å². The van der Waals surface area contributed by atoms with E-state index in [1.807, 2.05) is 0 Å². The Labute approximate surface area is 203 Å². The zero-order valence-corrected chi connectivity index (χ0v) is 20.2. The van der Waals surface area contributed by atoms with Gasteiger partial charge in [0.25, 0.3) is 0 Å². The number of hydrogen-bond donors (Lipinski definition) is 5. The van der Waals surface area contributed by atoms with Crippen molar-refractivity contribution in [2.45, 2.75) is 36.1 Å². The number of nitrogens with zero attached hydrogens (tertiary/aromatic N) is 2. The molecule has 0 unspecified atom stereocenters. The van der Waals surface area contributed by atoms with Gasteiger partial charge in [0.05, 0.1) is 9.92 Å². The van der Waals surface area contributed by atoms with Crippen molar-refractivity contribution < 1.29 is 13.2 Å². The predicted molar refractivity (Wildman–Crippen MR) is 130 cm³/mol. The fraction of sp³-hybridized carbons (Fsp3) is 0.389. The summed E-state index contributed by atoms with van der Waals surface area (Å²) in [4.78, 5) is 20.7. The van der Waals surface area contributed by atoms with E-state index >= 15 is 0 Å². The van der Waals surface area contributed by atoms with Gasteiger partial charge < -0.3 is 22.5 Å². The summed E-state index contributed by atoms with van der Waals surface area (Å²) < 4.78 is 29.0. The van der Waals surface area contributed by atoms with Gasteiger partial charge in [-0.05, 0) is 25.0 Å². The maximum absolute atomic E-state index is 13.2. The lowest BCUT2D eigenvalue weighted by Crippen LogP contribution is -2.57. The molecular formula is C18H26Cl3N7O3S. The molecule has 0 saturated heterocycles. The number of aromatic nitrogens is 1. The number of guanidine groups is 1. The minimum Gasteiger partial charge on any atom is -0.370 e. The van der Waals surface area contributed by atoms with Crippen LogP contribution in [0.15, 0.2) is 34.3 Å². The summed E-state index contributed by atoms with van der Waals surface area (Å²) in [5.41, 5.74) is 15.1. The van der Waals surface area contributed by atoms with E-state index in [0.29, 0.717) is 28.6 Å². The van der Waals surface area contributed by atoms with Crippen molar-refractivity contribution in [2.24, 2.45) is 22.2 Å². The van der Waals surface area contributed by atoms with Crippen LogP contribution < -0.4 is 27.2 Å². The molecule has 1 aliphatic carbocycles. The summed E-state index contributed by atoms with van der Waals surface area (Å²) in [5.74, 6) is -0.456. The zero-order chi connectivity index (χ0) is 21.9. The number of hydrogen-bond acceptors (Lipinski definition) is 6. The Morgan fingerprint density at radius 3 is 2.44 bits per heavy atom. The third kappa shape index (κ3) is 5.91. The van der Waals surface area contributed by atoms with Crippen molar-refractivity contribution in [1.82, 2.24) is 15.0 Å². The minimum absolute atomic E-state index is 0. The molecule has 1 aliphatic rings. The van der Waals surface area contributed by atoms with Crippen LogP contribution in [-0.2, 0) is 14.8 Å². The van der Waals surface area contributed by atoms with Gasteiger partial charge in [-0.15, -0.1) is 24.8 Å². The molecule has 8 N–H and O–H groups in total. The number of rotatable bonds is 7. The summed E-state index contributed by atoms with van der Waals surface area (Å²) in [6, 6.07) is 4.35. The number of carbonyl (C=O) groups excluding carboxylic acids is 1. The van der Waals surface area contributed by atoms with Crippen molar-refractivity contribution in [3.8, 4) is 0 Å². The first kappa shape index (κ1) is 28.1. The third-order valence-electron chi connectivity index (χ3n) is 4.99. The highest BCUT2D eigenvalue weighted by molar-refractivity contribution is 7.89. The second-order valence-corrected chi connectivity index (χ2v) is 9.20. The van der Waals surface area contributed by atoms with Crippen LogP contribution in [0.1, 0.15) is 25.7 Å². The monoisotopic (exact) mass is 525 g/mol. The molecule has 32 heavy (non-hydrogen) atoms. The minimum atomic E-state index is -4.05. The molecule has 1 heterocycles. The Hall–Kier alpha value is -1.89. The number of halogens is 3. The van der Waals surface area contributed by atoms with Crippen molar-refractivity contribution in [3.63, 3.8) is 0 Å². The Morgan fingerprint density at radius 2 is 1.84 bits per heavy atom. The topological polar surface area (TPSA) is 179 Å². The van der Waals surface area contributed by atoms with Gasteiger partial charge in [-0.3, -0.25) is 4.79 Å². The number of nitrogens with two attached hydrogens (primary N) is 3. The standard InChI is InChI=1S/C18H24ClN7O3S.2ClH/c19-14-10-24-15(25-17(21)22)13-9-11(3-4-12(13)14)30(28,29)26-18(5-1-2-6-18)16(27)23-8-7-20;;/h3-4,9-10,26H,1-2,5-8,20H2,(H,23,27)(H4,21,22,24,25);2*1H. The Bertz CT molecular complexity index is 1100. The number of nitrogens with one attached hydrogen (secondary N) is 2. The molecule has 0 radical (unpaired) electrons. The van der Waals surface area contributed by atoms with Gasteiger partial charge in [0.15, 0.2) is 11.8 Å². The fourth-order valence-electron chi connectivity index (χ4n) is 3.58. The SMILES string of the molecule is Cl.Cl.NCCNC(=O)C1(NS(=O)(=O)c2ccc3c(Cl)cnc(N=C(N)N)c3c2)CCCC1. The molecule has 2 aromatic rings. The maximum Gasteiger partial charge on any atom is 0.241 e. The van der Waals surface area contributed by atoms with Crippen molar-refractivity contribution in [3.05, 3.63) is 29.4 Å². The van der Waals surface area contributed by atoms with Crippen LogP contribution >= 0.6 is 36.4 Å². The normalized spacial score (nSPS) is 14.8. The molecule has 0 atom stereocenters. The highest BCUT2D eigenvalue weighted by Gasteiger charge is 2.44. The summed E-state index contributed by atoms with van der Waals surface area (Å²) in [6.07, 6.45) is 3.67. The van der Waals surface area contributed by atoms with Crippen LogP contribution in [0.3, 0.4) is 0 Å². The molecule has 0 bridgehead atoms. The lowest BCUT2D eigenvalue weighted by molar-refractivity contribution is -0.126. The van der Waals surface area contributed by atoms with Gasteiger partial charge >= 0.3 is 0 Å². The Kier molecular flexibility index (Phi) is 9.94. The maximum atomic E-state index is 13.2. The van der Waals surface area contributed by atoms with E-state index in [9.17, 15) is 13.2 Å². The van der Waals surface area contributed by atoms with E-state index in [0.717, 1.165) is 12.8 Å². The van der Waals surface area contributed by atoms with Crippen molar-refractivity contribution in [1.29, 1.82) is 0 Å². The number of fused-ring (bicyclic) bond motifs is 1. The van der Waals surface area contributed by atoms with Gasteiger partial charge in [-0.2, -0.15) is 9.71 Å². The molecule has 1 aromatic carbocycles. The van der Waals surface area contributed by atoms with Gasteiger partial charge in [0, 0.05) is 30.1 Å². The van der Waals surface area contributed by atoms with E-state index in [1.54, 1.807) is 6.07 Å². The number of benzene rings is 1. The lowest BCUT2D eigenvalue weighted by atomic mass is 9.98. The van der Waals surface area contributed by atoms with Crippen LogP contribution in [0, 0.1) is 0 Å². The second-order valence-electron chi connectivity index (χ2n) is 7.11. The van der Waals surface area contributed by atoms with Crippen LogP contribution in [-0.4, -0.2) is 43.9 Å². The largest absolute Gasteiger partial charge is 0.370 e.